The van der Waals surface area contributed by atoms with Gasteiger partial charge in [0, 0.05) is 26.1 Å². The highest BCUT2D eigenvalue weighted by Crippen LogP contribution is 2.18. The van der Waals surface area contributed by atoms with Gasteiger partial charge in [0.2, 0.25) is 5.91 Å². The topological polar surface area (TPSA) is 73.0 Å². The molecule has 1 saturated heterocycles. The second kappa shape index (κ2) is 7.81. The highest BCUT2D eigenvalue weighted by Gasteiger charge is 2.21. The Morgan fingerprint density at radius 3 is 2.52 bits per heavy atom. The van der Waals surface area contributed by atoms with Gasteiger partial charge in [0.1, 0.15) is 11.2 Å². The molecule has 152 valence electrons. The molecule has 1 aromatic carbocycles. The van der Waals surface area contributed by atoms with Gasteiger partial charge in [-0.3, -0.25) is 14.2 Å². The van der Waals surface area contributed by atoms with Gasteiger partial charge < -0.3 is 4.90 Å². The Bertz CT molecular complexity index is 1090. The van der Waals surface area contributed by atoms with Gasteiger partial charge in [-0.05, 0) is 44.7 Å². The lowest BCUT2D eigenvalue weighted by Gasteiger charge is -2.30. The molecule has 0 N–H and O–H groups in total. The maximum atomic E-state index is 13.0. The van der Waals surface area contributed by atoms with Gasteiger partial charge in [-0.25, -0.2) is 9.67 Å². The van der Waals surface area contributed by atoms with E-state index >= 15 is 0 Å². The van der Waals surface area contributed by atoms with E-state index in [4.69, 9.17) is 0 Å². The van der Waals surface area contributed by atoms with E-state index in [1.807, 2.05) is 36.1 Å². The van der Waals surface area contributed by atoms with Crippen molar-refractivity contribution in [2.45, 2.75) is 46.6 Å². The lowest BCUT2D eigenvalue weighted by molar-refractivity contribution is -0.132. The maximum Gasteiger partial charge on any atom is 0.264 e. The molecule has 0 radical (unpaired) electrons. The molecular weight excluding hydrogens is 366 g/mol. The van der Waals surface area contributed by atoms with Crippen LogP contribution in [0.2, 0.25) is 0 Å². The molecule has 1 aliphatic heterocycles. The number of piperidine rings is 1. The Balaban J connectivity index is 1.57. The quantitative estimate of drug-likeness (QED) is 0.683. The number of rotatable bonds is 4. The first-order valence-electron chi connectivity index (χ1n) is 10.2. The average Bonchev–Trinajstić information content (AvgIpc) is 3.12. The Labute approximate surface area is 170 Å². The Kier molecular flexibility index (Phi) is 5.22. The number of aryl methyl sites for hydroxylation is 2. The molecule has 0 unspecified atom stereocenters. The number of aromatic nitrogens is 4. The third-order valence-electron chi connectivity index (χ3n) is 5.84. The molecule has 7 heteroatoms. The third-order valence-corrected chi connectivity index (χ3v) is 5.84. The lowest BCUT2D eigenvalue weighted by atomic mass is 9.99. The van der Waals surface area contributed by atoms with E-state index in [-0.39, 0.29) is 11.5 Å². The highest BCUT2D eigenvalue weighted by molar-refractivity contribution is 5.77. The number of carbonyl (C=O) groups is 1. The van der Waals surface area contributed by atoms with Crippen molar-refractivity contribution in [2.75, 3.05) is 13.1 Å². The van der Waals surface area contributed by atoms with Gasteiger partial charge in [0.25, 0.3) is 5.56 Å². The van der Waals surface area contributed by atoms with Crippen LogP contribution >= 0.6 is 0 Å². The number of nitrogens with zero attached hydrogens (tertiary/aromatic N) is 5. The Morgan fingerprint density at radius 2 is 1.83 bits per heavy atom. The van der Waals surface area contributed by atoms with Crippen molar-refractivity contribution < 1.29 is 4.79 Å². The summed E-state index contributed by atoms with van der Waals surface area (Å²) in [7, 11) is 0. The second-order valence-electron chi connectivity index (χ2n) is 8.06. The third kappa shape index (κ3) is 3.81. The smallest absolute Gasteiger partial charge is 0.264 e. The van der Waals surface area contributed by atoms with Crippen molar-refractivity contribution in [1.82, 2.24) is 24.2 Å². The minimum absolute atomic E-state index is 0.110. The highest BCUT2D eigenvalue weighted by atomic mass is 16.2. The molecule has 0 aliphatic carbocycles. The second-order valence-corrected chi connectivity index (χ2v) is 8.06. The zero-order chi connectivity index (χ0) is 20.5. The van der Waals surface area contributed by atoms with Crippen molar-refractivity contribution in [3.05, 3.63) is 52.2 Å². The number of fused-ring (bicyclic) bond motifs is 1. The molecule has 4 rings (SSSR count). The van der Waals surface area contributed by atoms with Crippen LogP contribution in [0.4, 0.5) is 0 Å². The van der Waals surface area contributed by atoms with Crippen LogP contribution in [0.15, 0.2) is 35.3 Å². The molecule has 29 heavy (non-hydrogen) atoms. The number of hydrogen-bond donors (Lipinski definition) is 0. The van der Waals surface area contributed by atoms with Crippen LogP contribution in [0.5, 0.6) is 0 Å². The number of carbonyl (C=O) groups excluding carboxylic acids is 1. The van der Waals surface area contributed by atoms with Crippen LogP contribution in [0, 0.1) is 19.8 Å². The molecule has 0 bridgehead atoms. The van der Waals surface area contributed by atoms with E-state index in [0.29, 0.717) is 35.7 Å². The molecular formula is C22H27N5O2. The fourth-order valence-corrected chi connectivity index (χ4v) is 3.87. The zero-order valence-corrected chi connectivity index (χ0v) is 17.3. The van der Waals surface area contributed by atoms with E-state index in [1.165, 1.54) is 0 Å². The monoisotopic (exact) mass is 393 g/mol. The maximum absolute atomic E-state index is 13.0. The van der Waals surface area contributed by atoms with E-state index in [9.17, 15) is 9.59 Å². The van der Waals surface area contributed by atoms with E-state index in [0.717, 1.165) is 37.2 Å². The van der Waals surface area contributed by atoms with Gasteiger partial charge in [0.15, 0.2) is 5.65 Å². The van der Waals surface area contributed by atoms with E-state index in [2.05, 4.69) is 17.0 Å². The molecule has 2 aromatic heterocycles. The van der Waals surface area contributed by atoms with Crippen molar-refractivity contribution >= 4 is 16.9 Å². The Hall–Kier alpha value is -2.96. The van der Waals surface area contributed by atoms with Crippen LogP contribution in [-0.4, -0.2) is 43.2 Å². The zero-order valence-electron chi connectivity index (χ0n) is 17.3. The summed E-state index contributed by atoms with van der Waals surface area (Å²) in [4.78, 5) is 32.1. The van der Waals surface area contributed by atoms with E-state index < -0.39 is 0 Å². The minimum Gasteiger partial charge on any atom is -0.343 e. The van der Waals surface area contributed by atoms with E-state index in [1.54, 1.807) is 22.4 Å². The summed E-state index contributed by atoms with van der Waals surface area (Å²) in [6.07, 6.45) is 3.98. The first-order chi connectivity index (χ1) is 13.9. The average molecular weight is 393 g/mol. The predicted octanol–water partition coefficient (Wildman–Crippen LogP) is 2.85. The fraction of sp³-hybridized carbons (Fsp3) is 0.455. The molecule has 1 fully saturated rings. The largest absolute Gasteiger partial charge is 0.343 e. The van der Waals surface area contributed by atoms with Crippen molar-refractivity contribution in [2.24, 2.45) is 5.92 Å². The molecule has 0 atom stereocenters. The molecule has 3 heterocycles. The summed E-state index contributed by atoms with van der Waals surface area (Å²) < 4.78 is 3.28. The first-order valence-corrected chi connectivity index (χ1v) is 10.2. The van der Waals surface area contributed by atoms with Crippen LogP contribution in [0.3, 0.4) is 0 Å². The van der Waals surface area contributed by atoms with Crippen molar-refractivity contribution in [1.29, 1.82) is 0 Å². The normalized spacial score (nSPS) is 15.2. The number of hydrogen-bond acceptors (Lipinski definition) is 4. The number of amides is 1. The summed E-state index contributed by atoms with van der Waals surface area (Å²) in [5.74, 6) is 1.38. The molecule has 1 amide bonds. The molecule has 7 nitrogen and oxygen atoms in total. The van der Waals surface area contributed by atoms with Gasteiger partial charge in [-0.1, -0.05) is 24.6 Å². The van der Waals surface area contributed by atoms with Crippen LogP contribution in [-0.2, 0) is 11.3 Å². The van der Waals surface area contributed by atoms with Crippen LogP contribution < -0.4 is 5.56 Å². The summed E-state index contributed by atoms with van der Waals surface area (Å²) in [5, 5.41) is 4.85. The molecule has 0 spiro atoms. The minimum atomic E-state index is -0.147. The fourth-order valence-electron chi connectivity index (χ4n) is 3.87. The van der Waals surface area contributed by atoms with Gasteiger partial charge in [-0.15, -0.1) is 0 Å². The summed E-state index contributed by atoms with van der Waals surface area (Å²) in [6.45, 7) is 8.03. The SMILES string of the molecule is Cc1ccc(-n2ncc3c(=O)n(CCC(=O)N4CCC(C)CC4)c(C)nc32)cc1. The van der Waals surface area contributed by atoms with Crippen molar-refractivity contribution in [3.8, 4) is 5.69 Å². The predicted molar refractivity (Wildman–Crippen MR) is 112 cm³/mol. The molecule has 0 saturated carbocycles. The molecule has 1 aliphatic rings. The number of benzene rings is 1. The summed E-state index contributed by atoms with van der Waals surface area (Å²) >= 11 is 0. The van der Waals surface area contributed by atoms with Gasteiger partial charge in [0.05, 0.1) is 11.9 Å². The summed E-state index contributed by atoms with van der Waals surface area (Å²) in [6, 6.07) is 7.93. The lowest BCUT2D eigenvalue weighted by Crippen LogP contribution is -2.38. The number of likely N-dealkylation sites (tertiary alicyclic amines) is 1. The standard InChI is InChI=1S/C22H27N5O2/c1-15-4-6-18(7-5-15)27-21-19(14-23-27)22(29)26(17(3)24-21)13-10-20(28)25-11-8-16(2)9-12-25/h4-7,14,16H,8-13H2,1-3H3. The van der Waals surface area contributed by atoms with Crippen LogP contribution in [0.25, 0.3) is 16.7 Å². The van der Waals surface area contributed by atoms with Crippen molar-refractivity contribution in [3.63, 3.8) is 0 Å². The Morgan fingerprint density at radius 1 is 1.14 bits per heavy atom. The molecule has 3 aromatic rings. The van der Waals surface area contributed by atoms with Gasteiger partial charge >= 0.3 is 0 Å². The van der Waals surface area contributed by atoms with Gasteiger partial charge in [-0.2, -0.15) is 5.10 Å². The first kappa shape index (κ1) is 19.4. The van der Waals surface area contributed by atoms with Crippen LogP contribution in [0.1, 0.15) is 37.6 Å². The summed E-state index contributed by atoms with van der Waals surface area (Å²) in [5.41, 5.74) is 2.42.